The Morgan fingerprint density at radius 3 is 2.67 bits per heavy atom. The van der Waals surface area contributed by atoms with Crippen LogP contribution in [0.4, 0.5) is 37.2 Å². The summed E-state index contributed by atoms with van der Waals surface area (Å²) in [4.78, 5) is 11.8. The second kappa shape index (κ2) is 12.9. The summed E-state index contributed by atoms with van der Waals surface area (Å²) in [6, 6.07) is 4.69. The third kappa shape index (κ3) is 6.18. The zero-order valence-corrected chi connectivity index (χ0v) is 25.2. The summed E-state index contributed by atoms with van der Waals surface area (Å²) in [5.41, 5.74) is 2.49. The lowest BCUT2D eigenvalue weighted by Gasteiger charge is -2.22. The molecule has 0 spiro atoms. The molecule has 2 aromatic heterocycles. The van der Waals surface area contributed by atoms with E-state index in [4.69, 9.17) is 15.6 Å². The normalized spacial score (nSPS) is 18.1. The maximum atomic E-state index is 16.1. The number of ether oxygens (including phenoxy) is 1. The fraction of sp³-hybridized carbons (Fsp3) is 0.433. The minimum atomic E-state index is -5.04. The summed E-state index contributed by atoms with van der Waals surface area (Å²) in [6.45, 7) is 1.88. The standard InChI is InChI=1S/C23H18F5N5O2S.C7H12FN/c1-33(6-3-7-34)21-11-8-13(23(26,27)28)16(17(25)18(11)31-22(32-21)35-2)10-4-5-14(24)19-15(10)12(9-29)20(30)36-19;8-6-4-7-2-1-3-9(7)5-6/h4-5,8,34H,3,6-7,30H2,1-2H3;6-7H,1-5H2. The molecule has 4 aromatic rings. The van der Waals surface area contributed by atoms with Crippen LogP contribution in [0.5, 0.6) is 6.01 Å². The molecule has 3 N–H and O–H groups in total. The number of nitrogen functional groups attached to an aromatic ring is 1. The van der Waals surface area contributed by atoms with E-state index in [0.717, 1.165) is 31.2 Å². The van der Waals surface area contributed by atoms with Crippen molar-refractivity contribution in [2.45, 2.75) is 44.1 Å². The predicted molar refractivity (Wildman–Crippen MR) is 160 cm³/mol. The molecule has 2 aromatic carbocycles. The van der Waals surface area contributed by atoms with Gasteiger partial charge in [-0.1, -0.05) is 6.07 Å². The van der Waals surface area contributed by atoms with E-state index in [1.54, 1.807) is 6.07 Å². The van der Waals surface area contributed by atoms with E-state index >= 15 is 4.39 Å². The molecule has 0 radical (unpaired) electrons. The minimum Gasteiger partial charge on any atom is -0.467 e. The highest BCUT2D eigenvalue weighted by molar-refractivity contribution is 7.23. The van der Waals surface area contributed by atoms with Crippen molar-refractivity contribution >= 4 is 43.1 Å². The Hall–Kier alpha value is -3.87. The number of nitrogens with two attached hydrogens (primary N) is 1. The van der Waals surface area contributed by atoms with Crippen molar-refractivity contribution in [3.8, 4) is 23.2 Å². The lowest BCUT2D eigenvalue weighted by Crippen LogP contribution is -2.22. The number of aromatic nitrogens is 2. The maximum Gasteiger partial charge on any atom is 0.417 e. The van der Waals surface area contributed by atoms with E-state index in [1.165, 1.54) is 31.9 Å². The largest absolute Gasteiger partial charge is 0.467 e. The maximum absolute atomic E-state index is 16.1. The van der Waals surface area contributed by atoms with Crippen molar-refractivity contribution in [2.24, 2.45) is 0 Å². The highest BCUT2D eigenvalue weighted by Gasteiger charge is 2.38. The van der Waals surface area contributed by atoms with Crippen LogP contribution in [-0.4, -0.2) is 72.6 Å². The molecule has 2 atom stereocenters. The van der Waals surface area contributed by atoms with Gasteiger partial charge < -0.3 is 20.5 Å². The van der Waals surface area contributed by atoms with E-state index in [-0.39, 0.29) is 63.0 Å². The van der Waals surface area contributed by atoms with Crippen LogP contribution in [0.2, 0.25) is 0 Å². The zero-order chi connectivity index (χ0) is 32.6. The van der Waals surface area contributed by atoms with Gasteiger partial charge in [0.2, 0.25) is 0 Å². The Morgan fingerprint density at radius 1 is 1.27 bits per heavy atom. The first-order chi connectivity index (χ1) is 21.4. The zero-order valence-electron chi connectivity index (χ0n) is 24.4. The smallest absolute Gasteiger partial charge is 0.417 e. The summed E-state index contributed by atoms with van der Waals surface area (Å²) in [6.07, 6.45) is -1.95. The van der Waals surface area contributed by atoms with Gasteiger partial charge in [0.1, 0.15) is 34.4 Å². The lowest BCUT2D eigenvalue weighted by molar-refractivity contribution is -0.137. The fourth-order valence-electron chi connectivity index (χ4n) is 6.01. The number of hydrogen-bond donors (Lipinski definition) is 2. The number of benzene rings is 2. The Kier molecular flexibility index (Phi) is 9.29. The number of aliphatic hydroxyl groups excluding tert-OH is 1. The first-order valence-electron chi connectivity index (χ1n) is 14.2. The SMILES string of the molecule is COc1nc(N(C)CCCO)c2cc(C(F)(F)F)c(-c3ccc(F)c4sc(N)c(C#N)c34)c(F)c2n1.FC1CC2CCCN2C1. The van der Waals surface area contributed by atoms with Crippen LogP contribution in [0.1, 0.15) is 36.8 Å². The van der Waals surface area contributed by atoms with Crippen LogP contribution in [0, 0.1) is 23.0 Å². The van der Waals surface area contributed by atoms with Crippen molar-refractivity contribution < 1.29 is 36.2 Å². The average molecular weight is 653 g/mol. The van der Waals surface area contributed by atoms with E-state index in [1.807, 2.05) is 0 Å². The quantitative estimate of drug-likeness (QED) is 0.234. The average Bonchev–Trinajstić information content (AvgIpc) is 3.68. The highest BCUT2D eigenvalue weighted by atomic mass is 32.1. The van der Waals surface area contributed by atoms with Crippen LogP contribution in [0.3, 0.4) is 0 Å². The Morgan fingerprint density at radius 2 is 2.02 bits per heavy atom. The molecule has 2 aliphatic rings. The third-order valence-electron chi connectivity index (χ3n) is 8.05. The Labute approximate surface area is 258 Å². The summed E-state index contributed by atoms with van der Waals surface area (Å²) in [7, 11) is 2.74. The molecule has 0 amide bonds. The highest BCUT2D eigenvalue weighted by Crippen LogP contribution is 2.48. The second-order valence-electron chi connectivity index (χ2n) is 10.9. The number of halogens is 6. The molecule has 2 aliphatic heterocycles. The molecule has 2 fully saturated rings. The molecular formula is C30H30F6N6O2S. The number of alkyl halides is 4. The van der Waals surface area contributed by atoms with E-state index in [9.17, 15) is 27.2 Å². The summed E-state index contributed by atoms with van der Waals surface area (Å²) in [5, 5.41) is 18.1. The fourth-order valence-corrected chi connectivity index (χ4v) is 6.96. The number of methoxy groups -OCH3 is 1. The van der Waals surface area contributed by atoms with Gasteiger partial charge in [-0.2, -0.15) is 28.4 Å². The van der Waals surface area contributed by atoms with Crippen LogP contribution < -0.4 is 15.4 Å². The molecular weight excluding hydrogens is 622 g/mol. The van der Waals surface area contributed by atoms with E-state index in [0.29, 0.717) is 23.9 Å². The van der Waals surface area contributed by atoms with Gasteiger partial charge in [0.15, 0.2) is 5.82 Å². The minimum absolute atomic E-state index is 0.0389. The number of nitriles is 1. The van der Waals surface area contributed by atoms with Gasteiger partial charge in [-0.05, 0) is 49.9 Å². The van der Waals surface area contributed by atoms with Crippen LogP contribution in [0.25, 0.3) is 32.1 Å². The van der Waals surface area contributed by atoms with Crippen LogP contribution in [0.15, 0.2) is 18.2 Å². The third-order valence-corrected chi connectivity index (χ3v) is 9.08. The summed E-state index contributed by atoms with van der Waals surface area (Å²) < 4.78 is 91.2. The van der Waals surface area contributed by atoms with Crippen molar-refractivity contribution in [2.75, 3.05) is 51.0 Å². The molecule has 8 nitrogen and oxygen atoms in total. The molecule has 240 valence electrons. The van der Waals surface area contributed by atoms with Gasteiger partial charge in [-0.3, -0.25) is 4.90 Å². The van der Waals surface area contributed by atoms with Gasteiger partial charge in [0.05, 0.1) is 22.9 Å². The number of fused-ring (bicyclic) bond motifs is 3. The monoisotopic (exact) mass is 652 g/mol. The number of rotatable bonds is 6. The van der Waals surface area contributed by atoms with Crippen molar-refractivity contribution in [1.82, 2.24) is 14.9 Å². The van der Waals surface area contributed by atoms with Crippen LogP contribution >= 0.6 is 11.3 Å². The molecule has 4 heterocycles. The molecule has 0 saturated carbocycles. The number of thiophene rings is 1. The molecule has 6 rings (SSSR count). The summed E-state index contributed by atoms with van der Waals surface area (Å²) >= 11 is 0.686. The summed E-state index contributed by atoms with van der Waals surface area (Å²) in [5.74, 6) is -2.19. The Bertz CT molecular complexity index is 1760. The van der Waals surface area contributed by atoms with Crippen LogP contribution in [-0.2, 0) is 6.18 Å². The molecule has 0 aliphatic carbocycles. The molecule has 45 heavy (non-hydrogen) atoms. The van der Waals surface area contributed by atoms with Gasteiger partial charge in [0, 0.05) is 49.1 Å². The molecule has 2 saturated heterocycles. The van der Waals surface area contributed by atoms with Gasteiger partial charge in [-0.25, -0.2) is 13.2 Å². The molecule has 15 heteroatoms. The number of hydrogen-bond acceptors (Lipinski definition) is 9. The first-order valence-corrected chi connectivity index (χ1v) is 15.0. The predicted octanol–water partition coefficient (Wildman–Crippen LogP) is 6.28. The molecule has 0 bridgehead atoms. The topological polar surface area (TPSA) is 112 Å². The van der Waals surface area contributed by atoms with E-state index in [2.05, 4.69) is 14.9 Å². The van der Waals surface area contributed by atoms with Gasteiger partial charge in [-0.15, -0.1) is 11.3 Å². The first kappa shape index (κ1) is 32.5. The number of aliphatic hydroxyl groups is 1. The van der Waals surface area contributed by atoms with Crippen molar-refractivity contribution in [3.05, 3.63) is 41.0 Å². The lowest BCUT2D eigenvalue weighted by atomic mass is 9.92. The second-order valence-corrected chi connectivity index (χ2v) is 12.0. The van der Waals surface area contributed by atoms with Gasteiger partial charge >= 0.3 is 12.2 Å². The van der Waals surface area contributed by atoms with Crippen molar-refractivity contribution in [1.29, 1.82) is 5.26 Å². The van der Waals surface area contributed by atoms with E-state index < -0.39 is 40.6 Å². The Balaban J connectivity index is 0.000000377. The number of anilines is 2. The molecule has 2 unspecified atom stereocenters. The number of nitrogens with zero attached hydrogens (tertiary/aromatic N) is 5. The van der Waals surface area contributed by atoms with Crippen molar-refractivity contribution in [3.63, 3.8) is 0 Å². The van der Waals surface area contributed by atoms with Gasteiger partial charge in [0.25, 0.3) is 0 Å².